The van der Waals surface area contributed by atoms with Gasteiger partial charge >= 0.3 is 0 Å². The summed E-state index contributed by atoms with van der Waals surface area (Å²) in [5.74, 6) is -0.380. The first-order valence-corrected chi connectivity index (χ1v) is 7.20. The average molecular weight is 357 g/mol. The Morgan fingerprint density at radius 2 is 1.95 bits per heavy atom. The predicted molar refractivity (Wildman–Crippen MR) is 79.9 cm³/mol. The van der Waals surface area contributed by atoms with E-state index in [9.17, 15) is 14.0 Å². The summed E-state index contributed by atoms with van der Waals surface area (Å²) in [6, 6.07) is 6.39. The first-order chi connectivity index (χ1) is 10.0. The summed E-state index contributed by atoms with van der Waals surface area (Å²) >= 11 is 3.05. The Bertz CT molecular complexity index is 724. The zero-order valence-corrected chi connectivity index (χ0v) is 12.6. The van der Waals surface area contributed by atoms with Crippen LogP contribution in [0.3, 0.4) is 0 Å². The molecule has 7 heteroatoms. The van der Waals surface area contributed by atoms with Crippen molar-refractivity contribution in [2.24, 2.45) is 0 Å². The normalized spacial score (nSPS) is 12.3. The van der Waals surface area contributed by atoms with Gasteiger partial charge in [-0.15, -0.1) is 0 Å². The number of aliphatic hydroxyl groups is 1. The van der Waals surface area contributed by atoms with Crippen LogP contribution >= 0.6 is 15.9 Å². The number of hydrogen-bond acceptors (Lipinski definition) is 3. The standard InChI is InChI=1S/C14H14BrFN2O3/c15-11-8-13(20)17-18(14(11)21)12(2-1-7-19)9-3-5-10(16)6-4-9/h3-6,8,12,19H,1-2,7H2,(H,17,20). The molecule has 0 bridgehead atoms. The van der Waals surface area contributed by atoms with E-state index in [2.05, 4.69) is 21.0 Å². The quantitative estimate of drug-likeness (QED) is 0.857. The van der Waals surface area contributed by atoms with Crippen LogP contribution in [0.2, 0.25) is 0 Å². The largest absolute Gasteiger partial charge is 0.396 e. The molecule has 1 heterocycles. The molecular weight excluding hydrogens is 343 g/mol. The van der Waals surface area contributed by atoms with Crippen molar-refractivity contribution in [1.82, 2.24) is 9.78 Å². The SMILES string of the molecule is O=c1cc(Br)c(=O)n(C(CCCO)c2ccc(F)cc2)[nH]1. The average Bonchev–Trinajstić information content (AvgIpc) is 2.46. The minimum absolute atomic E-state index is 0.0370. The third-order valence-corrected chi connectivity index (χ3v) is 3.68. The maximum atomic E-state index is 13.0. The number of hydrogen-bond donors (Lipinski definition) is 2. The Balaban J connectivity index is 2.52. The monoisotopic (exact) mass is 356 g/mol. The molecule has 1 unspecified atom stereocenters. The third kappa shape index (κ3) is 3.68. The fourth-order valence-corrected chi connectivity index (χ4v) is 2.53. The molecule has 0 fully saturated rings. The van der Waals surface area contributed by atoms with Gasteiger partial charge in [0.05, 0.1) is 10.5 Å². The van der Waals surface area contributed by atoms with E-state index in [-0.39, 0.29) is 22.5 Å². The van der Waals surface area contributed by atoms with E-state index >= 15 is 0 Å². The van der Waals surface area contributed by atoms with E-state index in [1.165, 1.54) is 16.8 Å². The van der Waals surface area contributed by atoms with Gasteiger partial charge in [-0.1, -0.05) is 12.1 Å². The molecule has 0 aliphatic heterocycles. The smallest absolute Gasteiger partial charge is 0.280 e. The molecule has 1 aromatic carbocycles. The summed E-state index contributed by atoms with van der Waals surface area (Å²) in [5.41, 5.74) is -0.125. The first-order valence-electron chi connectivity index (χ1n) is 6.40. The van der Waals surface area contributed by atoms with Gasteiger partial charge in [-0.2, -0.15) is 0 Å². The second kappa shape index (κ2) is 6.82. The Hall–Kier alpha value is -1.73. The van der Waals surface area contributed by atoms with Gasteiger partial charge in [-0.3, -0.25) is 14.7 Å². The molecule has 112 valence electrons. The van der Waals surface area contributed by atoms with Crippen LogP contribution < -0.4 is 11.1 Å². The minimum atomic E-state index is -0.476. The van der Waals surface area contributed by atoms with Gasteiger partial charge in [-0.05, 0) is 46.5 Å². The van der Waals surface area contributed by atoms with Gasteiger partial charge in [0.25, 0.3) is 11.1 Å². The van der Waals surface area contributed by atoms with Gasteiger partial charge < -0.3 is 5.11 Å². The van der Waals surface area contributed by atoms with Crippen molar-refractivity contribution in [1.29, 1.82) is 0 Å². The molecule has 2 rings (SSSR count). The number of aliphatic hydroxyl groups excluding tert-OH is 1. The molecule has 0 aliphatic carbocycles. The fourth-order valence-electron chi connectivity index (χ4n) is 2.13. The molecule has 0 radical (unpaired) electrons. The first kappa shape index (κ1) is 15.7. The summed E-state index contributed by atoms with van der Waals surface area (Å²) in [6.45, 7) is -0.0370. The van der Waals surface area contributed by atoms with Crippen molar-refractivity contribution >= 4 is 15.9 Å². The third-order valence-electron chi connectivity index (χ3n) is 3.11. The summed E-state index contributed by atoms with van der Waals surface area (Å²) in [4.78, 5) is 23.7. The lowest BCUT2D eigenvalue weighted by Crippen LogP contribution is -2.33. The van der Waals surface area contributed by atoms with Crippen molar-refractivity contribution in [3.05, 3.63) is 66.9 Å². The lowest BCUT2D eigenvalue weighted by Gasteiger charge is -2.19. The summed E-state index contributed by atoms with van der Waals surface area (Å²) in [6.07, 6.45) is 0.886. The van der Waals surface area contributed by atoms with E-state index in [0.717, 1.165) is 6.07 Å². The molecule has 1 atom stereocenters. The van der Waals surface area contributed by atoms with Gasteiger partial charge in [-0.25, -0.2) is 9.07 Å². The van der Waals surface area contributed by atoms with E-state index < -0.39 is 11.6 Å². The second-order valence-corrected chi connectivity index (χ2v) is 5.43. The topological polar surface area (TPSA) is 75.1 Å². The Morgan fingerprint density at radius 3 is 2.57 bits per heavy atom. The fraction of sp³-hybridized carbons (Fsp3) is 0.286. The van der Waals surface area contributed by atoms with Gasteiger partial charge in [0.15, 0.2) is 0 Å². The van der Waals surface area contributed by atoms with Crippen molar-refractivity contribution in [3.8, 4) is 0 Å². The van der Waals surface area contributed by atoms with Crippen LogP contribution in [-0.4, -0.2) is 21.5 Å². The zero-order chi connectivity index (χ0) is 15.4. The molecule has 0 aliphatic rings. The van der Waals surface area contributed by atoms with Crippen LogP contribution in [0.5, 0.6) is 0 Å². The number of nitrogens with zero attached hydrogens (tertiary/aromatic N) is 1. The molecule has 0 saturated heterocycles. The molecule has 2 N–H and O–H groups in total. The summed E-state index contributed by atoms with van der Waals surface area (Å²) < 4.78 is 14.4. The Labute approximate surface area is 128 Å². The number of benzene rings is 1. The van der Waals surface area contributed by atoms with E-state index in [1.54, 1.807) is 12.1 Å². The van der Waals surface area contributed by atoms with Crippen molar-refractivity contribution in [3.63, 3.8) is 0 Å². The highest BCUT2D eigenvalue weighted by molar-refractivity contribution is 9.10. The van der Waals surface area contributed by atoms with Crippen LogP contribution in [0.15, 0.2) is 44.4 Å². The van der Waals surface area contributed by atoms with Crippen LogP contribution in [0.1, 0.15) is 24.4 Å². The number of aromatic nitrogens is 2. The second-order valence-electron chi connectivity index (χ2n) is 4.58. The number of aromatic amines is 1. The minimum Gasteiger partial charge on any atom is -0.396 e. The highest BCUT2D eigenvalue weighted by Gasteiger charge is 2.17. The molecule has 0 spiro atoms. The zero-order valence-electron chi connectivity index (χ0n) is 11.1. The van der Waals surface area contributed by atoms with Crippen LogP contribution in [0.4, 0.5) is 4.39 Å². The van der Waals surface area contributed by atoms with Gasteiger partial charge in [0.2, 0.25) is 0 Å². The van der Waals surface area contributed by atoms with Crippen LogP contribution in [0, 0.1) is 5.82 Å². The highest BCUT2D eigenvalue weighted by atomic mass is 79.9. The molecule has 5 nitrogen and oxygen atoms in total. The molecular formula is C14H14BrFN2O3. The molecule has 1 aromatic heterocycles. The van der Waals surface area contributed by atoms with Crippen molar-refractivity contribution in [2.75, 3.05) is 6.61 Å². The maximum Gasteiger partial charge on any atom is 0.280 e. The van der Waals surface area contributed by atoms with Crippen LogP contribution in [-0.2, 0) is 0 Å². The van der Waals surface area contributed by atoms with Gasteiger partial charge in [0, 0.05) is 12.7 Å². The Kier molecular flexibility index (Phi) is 5.08. The lowest BCUT2D eigenvalue weighted by molar-refractivity contribution is 0.272. The van der Waals surface area contributed by atoms with E-state index in [1.807, 2.05) is 0 Å². The molecule has 21 heavy (non-hydrogen) atoms. The van der Waals surface area contributed by atoms with Gasteiger partial charge in [0.1, 0.15) is 5.82 Å². The molecule has 0 amide bonds. The number of H-pyrrole nitrogens is 1. The van der Waals surface area contributed by atoms with Crippen molar-refractivity contribution in [2.45, 2.75) is 18.9 Å². The Morgan fingerprint density at radius 1 is 1.29 bits per heavy atom. The maximum absolute atomic E-state index is 13.0. The summed E-state index contributed by atoms with van der Waals surface area (Å²) in [5, 5.41) is 11.5. The molecule has 0 saturated carbocycles. The van der Waals surface area contributed by atoms with Crippen molar-refractivity contribution < 1.29 is 9.50 Å². The number of nitrogens with one attached hydrogen (secondary N) is 1. The number of rotatable bonds is 5. The highest BCUT2D eigenvalue weighted by Crippen LogP contribution is 2.21. The summed E-state index contributed by atoms with van der Waals surface area (Å²) in [7, 11) is 0. The van der Waals surface area contributed by atoms with E-state index in [0.29, 0.717) is 18.4 Å². The number of halogens is 2. The predicted octanol–water partition coefficient (Wildman–Crippen LogP) is 1.80. The molecule has 2 aromatic rings. The lowest BCUT2D eigenvalue weighted by atomic mass is 10.0. The van der Waals surface area contributed by atoms with E-state index in [4.69, 9.17) is 5.11 Å². The van der Waals surface area contributed by atoms with Crippen LogP contribution in [0.25, 0.3) is 0 Å².